The predicted octanol–water partition coefficient (Wildman–Crippen LogP) is 1.50. The SMILES string of the molecule is CCC(C=O)Cc1cc(C)nn1C. The summed E-state index contributed by atoms with van der Waals surface area (Å²) in [5.74, 6) is 0.134. The van der Waals surface area contributed by atoms with Crippen molar-refractivity contribution in [3.63, 3.8) is 0 Å². The van der Waals surface area contributed by atoms with E-state index in [1.54, 1.807) is 0 Å². The monoisotopic (exact) mass is 180 g/mol. The first kappa shape index (κ1) is 9.96. The first-order valence-corrected chi connectivity index (χ1v) is 4.62. The molecule has 1 rings (SSSR count). The summed E-state index contributed by atoms with van der Waals surface area (Å²) in [6.45, 7) is 3.99. The standard InChI is InChI=1S/C10H16N2O/c1-4-9(7-13)6-10-5-8(2)11-12(10)3/h5,7,9H,4,6H2,1-3H3. The van der Waals surface area contributed by atoms with E-state index in [9.17, 15) is 4.79 Å². The Kier molecular flexibility index (Phi) is 3.23. The molecule has 3 heteroatoms. The number of carbonyl (C=O) groups excluding carboxylic acids is 1. The third-order valence-electron chi connectivity index (χ3n) is 2.29. The van der Waals surface area contributed by atoms with E-state index in [0.717, 1.165) is 30.5 Å². The van der Waals surface area contributed by atoms with Crippen molar-refractivity contribution in [3.05, 3.63) is 17.5 Å². The molecular weight excluding hydrogens is 164 g/mol. The summed E-state index contributed by atoms with van der Waals surface area (Å²) in [4.78, 5) is 10.6. The molecule has 0 saturated carbocycles. The van der Waals surface area contributed by atoms with E-state index in [0.29, 0.717) is 0 Å². The average Bonchev–Trinajstić information content (AvgIpc) is 2.41. The molecule has 72 valence electrons. The van der Waals surface area contributed by atoms with Crippen LogP contribution in [0, 0.1) is 12.8 Å². The van der Waals surface area contributed by atoms with Gasteiger partial charge in [0.25, 0.3) is 0 Å². The highest BCUT2D eigenvalue weighted by Crippen LogP contribution is 2.10. The second kappa shape index (κ2) is 4.21. The predicted molar refractivity (Wildman–Crippen MR) is 51.5 cm³/mol. The van der Waals surface area contributed by atoms with Gasteiger partial charge in [0.2, 0.25) is 0 Å². The Balaban J connectivity index is 2.72. The Morgan fingerprint density at radius 3 is 2.77 bits per heavy atom. The molecule has 1 aromatic rings. The number of hydrogen-bond donors (Lipinski definition) is 0. The van der Waals surface area contributed by atoms with Crippen molar-refractivity contribution >= 4 is 6.29 Å². The lowest BCUT2D eigenvalue weighted by molar-refractivity contribution is -0.111. The zero-order chi connectivity index (χ0) is 9.84. The number of nitrogens with zero attached hydrogens (tertiary/aromatic N) is 2. The van der Waals surface area contributed by atoms with Crippen LogP contribution in [0.25, 0.3) is 0 Å². The largest absolute Gasteiger partial charge is 0.303 e. The van der Waals surface area contributed by atoms with Crippen molar-refractivity contribution in [1.82, 2.24) is 9.78 Å². The quantitative estimate of drug-likeness (QED) is 0.658. The van der Waals surface area contributed by atoms with Crippen LogP contribution in [0.3, 0.4) is 0 Å². The maximum Gasteiger partial charge on any atom is 0.123 e. The first-order valence-electron chi connectivity index (χ1n) is 4.62. The number of aromatic nitrogens is 2. The van der Waals surface area contributed by atoms with Gasteiger partial charge in [0.15, 0.2) is 0 Å². The van der Waals surface area contributed by atoms with Crippen LogP contribution >= 0.6 is 0 Å². The highest BCUT2D eigenvalue weighted by atomic mass is 16.1. The summed E-state index contributed by atoms with van der Waals surface area (Å²) in [6.07, 6.45) is 2.73. The average molecular weight is 180 g/mol. The fraction of sp³-hybridized carbons (Fsp3) is 0.600. The molecule has 0 aliphatic rings. The Morgan fingerprint density at radius 1 is 1.69 bits per heavy atom. The molecule has 1 atom stereocenters. The summed E-state index contributed by atoms with van der Waals surface area (Å²) < 4.78 is 1.85. The van der Waals surface area contributed by atoms with Crippen LogP contribution in [0.2, 0.25) is 0 Å². The van der Waals surface area contributed by atoms with Gasteiger partial charge in [0.1, 0.15) is 6.29 Å². The number of carbonyl (C=O) groups is 1. The minimum Gasteiger partial charge on any atom is -0.303 e. The normalized spacial score (nSPS) is 12.8. The fourth-order valence-electron chi connectivity index (χ4n) is 1.41. The van der Waals surface area contributed by atoms with Crippen molar-refractivity contribution in [2.75, 3.05) is 0 Å². The molecule has 0 saturated heterocycles. The first-order chi connectivity index (χ1) is 6.17. The molecule has 1 aromatic heterocycles. The van der Waals surface area contributed by atoms with Crippen molar-refractivity contribution in [2.45, 2.75) is 26.7 Å². The van der Waals surface area contributed by atoms with Crippen LogP contribution < -0.4 is 0 Å². The summed E-state index contributed by atoms with van der Waals surface area (Å²) in [5.41, 5.74) is 2.15. The summed E-state index contributed by atoms with van der Waals surface area (Å²) >= 11 is 0. The lowest BCUT2D eigenvalue weighted by atomic mass is 10.0. The molecule has 0 aromatic carbocycles. The minimum absolute atomic E-state index is 0.134. The lowest BCUT2D eigenvalue weighted by Crippen LogP contribution is -2.08. The van der Waals surface area contributed by atoms with E-state index >= 15 is 0 Å². The Morgan fingerprint density at radius 2 is 2.38 bits per heavy atom. The summed E-state index contributed by atoms with van der Waals surface area (Å²) in [7, 11) is 1.92. The molecule has 0 spiro atoms. The molecule has 1 heterocycles. The number of hydrogen-bond acceptors (Lipinski definition) is 2. The van der Waals surface area contributed by atoms with Crippen LogP contribution in [-0.2, 0) is 18.3 Å². The molecule has 0 amide bonds. The topological polar surface area (TPSA) is 34.9 Å². The van der Waals surface area contributed by atoms with Crippen LogP contribution in [0.5, 0.6) is 0 Å². The van der Waals surface area contributed by atoms with Gasteiger partial charge in [-0.15, -0.1) is 0 Å². The van der Waals surface area contributed by atoms with E-state index in [2.05, 4.69) is 5.10 Å². The molecule has 0 fully saturated rings. The van der Waals surface area contributed by atoms with Gasteiger partial charge in [-0.3, -0.25) is 4.68 Å². The van der Waals surface area contributed by atoms with Gasteiger partial charge in [-0.2, -0.15) is 5.10 Å². The highest BCUT2D eigenvalue weighted by molar-refractivity contribution is 5.53. The van der Waals surface area contributed by atoms with E-state index < -0.39 is 0 Å². The van der Waals surface area contributed by atoms with Gasteiger partial charge in [-0.1, -0.05) is 6.92 Å². The number of aryl methyl sites for hydroxylation is 2. The zero-order valence-corrected chi connectivity index (χ0v) is 8.45. The van der Waals surface area contributed by atoms with Crippen LogP contribution in [-0.4, -0.2) is 16.1 Å². The number of aldehydes is 1. The van der Waals surface area contributed by atoms with Crippen LogP contribution in [0.1, 0.15) is 24.7 Å². The molecule has 13 heavy (non-hydrogen) atoms. The highest BCUT2D eigenvalue weighted by Gasteiger charge is 2.09. The van der Waals surface area contributed by atoms with Crippen LogP contribution in [0.4, 0.5) is 0 Å². The van der Waals surface area contributed by atoms with Gasteiger partial charge >= 0.3 is 0 Å². The molecular formula is C10H16N2O. The third kappa shape index (κ3) is 2.41. The summed E-state index contributed by atoms with van der Waals surface area (Å²) in [6, 6.07) is 2.03. The van der Waals surface area contributed by atoms with E-state index in [4.69, 9.17) is 0 Å². The molecule has 3 nitrogen and oxygen atoms in total. The van der Waals surface area contributed by atoms with Crippen molar-refractivity contribution in [3.8, 4) is 0 Å². The van der Waals surface area contributed by atoms with Gasteiger partial charge < -0.3 is 4.79 Å². The van der Waals surface area contributed by atoms with Gasteiger partial charge in [-0.05, 0) is 25.8 Å². The second-order valence-corrected chi connectivity index (χ2v) is 3.41. The Bertz CT molecular complexity index is 291. The van der Waals surface area contributed by atoms with Gasteiger partial charge in [-0.25, -0.2) is 0 Å². The maximum absolute atomic E-state index is 10.6. The Hall–Kier alpha value is -1.12. The molecule has 0 aliphatic heterocycles. The van der Waals surface area contributed by atoms with Crippen molar-refractivity contribution in [1.29, 1.82) is 0 Å². The van der Waals surface area contributed by atoms with E-state index in [-0.39, 0.29) is 5.92 Å². The third-order valence-corrected chi connectivity index (χ3v) is 2.29. The van der Waals surface area contributed by atoms with E-state index in [1.165, 1.54) is 0 Å². The Labute approximate surface area is 78.8 Å². The van der Waals surface area contributed by atoms with E-state index in [1.807, 2.05) is 31.6 Å². The molecule has 0 bridgehead atoms. The summed E-state index contributed by atoms with van der Waals surface area (Å²) in [5, 5.41) is 4.23. The molecule has 1 unspecified atom stereocenters. The molecule has 0 N–H and O–H groups in total. The number of rotatable bonds is 4. The van der Waals surface area contributed by atoms with Crippen molar-refractivity contribution in [2.24, 2.45) is 13.0 Å². The van der Waals surface area contributed by atoms with Crippen molar-refractivity contribution < 1.29 is 4.79 Å². The zero-order valence-electron chi connectivity index (χ0n) is 8.45. The maximum atomic E-state index is 10.6. The lowest BCUT2D eigenvalue weighted by Gasteiger charge is -2.06. The second-order valence-electron chi connectivity index (χ2n) is 3.41. The van der Waals surface area contributed by atoms with Gasteiger partial charge in [0.05, 0.1) is 5.69 Å². The smallest absolute Gasteiger partial charge is 0.123 e. The molecule has 0 aliphatic carbocycles. The van der Waals surface area contributed by atoms with Gasteiger partial charge in [0, 0.05) is 18.7 Å². The molecule has 0 radical (unpaired) electrons. The van der Waals surface area contributed by atoms with Crippen LogP contribution in [0.15, 0.2) is 6.07 Å². The fourth-order valence-corrected chi connectivity index (χ4v) is 1.41. The minimum atomic E-state index is 0.134.